The predicted octanol–water partition coefficient (Wildman–Crippen LogP) is 2.47. The van der Waals surface area contributed by atoms with Crippen LogP contribution in [-0.4, -0.2) is 16.0 Å². The molecule has 0 aliphatic heterocycles. The second kappa shape index (κ2) is 4.26. The predicted molar refractivity (Wildman–Crippen MR) is 59.7 cm³/mol. The number of carbonyl (C=O) groups is 1. The molecular weight excluding hydrogens is 188 g/mol. The Hall–Kier alpha value is -1.64. The van der Waals surface area contributed by atoms with Gasteiger partial charge in [-0.05, 0) is 31.4 Å². The minimum Gasteiger partial charge on any atom is -0.300 e. The van der Waals surface area contributed by atoms with Crippen molar-refractivity contribution in [1.29, 1.82) is 0 Å². The van der Waals surface area contributed by atoms with Gasteiger partial charge in [0, 0.05) is 11.8 Å². The number of aromatic nitrogens is 2. The minimum atomic E-state index is 0.262. The highest BCUT2D eigenvalue weighted by molar-refractivity contribution is 5.78. The fraction of sp³-hybridized carbons (Fsp3) is 0.333. The molecule has 0 fully saturated rings. The SMILES string of the molecule is CC(=O)CCCc1ccc2cn[nH]c2c1. The molecule has 15 heavy (non-hydrogen) atoms. The van der Waals surface area contributed by atoms with Gasteiger partial charge in [-0.1, -0.05) is 12.1 Å². The van der Waals surface area contributed by atoms with E-state index < -0.39 is 0 Å². The van der Waals surface area contributed by atoms with Crippen LogP contribution in [0.3, 0.4) is 0 Å². The lowest BCUT2D eigenvalue weighted by Gasteiger charge is -1.99. The fourth-order valence-electron chi connectivity index (χ4n) is 1.68. The third-order valence-corrected chi connectivity index (χ3v) is 2.50. The van der Waals surface area contributed by atoms with Crippen LogP contribution in [0.2, 0.25) is 0 Å². The zero-order chi connectivity index (χ0) is 10.7. The van der Waals surface area contributed by atoms with Crippen molar-refractivity contribution in [1.82, 2.24) is 10.2 Å². The molecule has 0 aliphatic carbocycles. The van der Waals surface area contributed by atoms with Gasteiger partial charge in [0.05, 0.1) is 11.7 Å². The first kappa shape index (κ1) is 9.90. The molecule has 0 saturated carbocycles. The molecule has 2 aromatic rings. The lowest BCUT2D eigenvalue weighted by Crippen LogP contribution is -1.92. The highest BCUT2D eigenvalue weighted by atomic mass is 16.1. The van der Waals surface area contributed by atoms with Crippen LogP contribution in [0.1, 0.15) is 25.3 Å². The average molecular weight is 202 g/mol. The molecule has 1 aromatic heterocycles. The van der Waals surface area contributed by atoms with Crippen LogP contribution in [0.4, 0.5) is 0 Å². The van der Waals surface area contributed by atoms with Gasteiger partial charge in [0.25, 0.3) is 0 Å². The lowest BCUT2D eigenvalue weighted by molar-refractivity contribution is -0.117. The van der Waals surface area contributed by atoms with E-state index in [0.717, 1.165) is 23.7 Å². The van der Waals surface area contributed by atoms with E-state index in [2.05, 4.69) is 28.4 Å². The Kier molecular flexibility index (Phi) is 2.81. The minimum absolute atomic E-state index is 0.262. The highest BCUT2D eigenvalue weighted by Gasteiger charge is 1.99. The maximum absolute atomic E-state index is 10.8. The number of aryl methyl sites for hydroxylation is 1. The Bertz CT molecular complexity index is 473. The van der Waals surface area contributed by atoms with Gasteiger partial charge in [0.15, 0.2) is 0 Å². The molecule has 0 unspecified atom stereocenters. The van der Waals surface area contributed by atoms with E-state index in [1.165, 1.54) is 5.56 Å². The molecule has 1 N–H and O–H groups in total. The van der Waals surface area contributed by atoms with E-state index in [9.17, 15) is 4.79 Å². The van der Waals surface area contributed by atoms with Crippen LogP contribution in [0, 0.1) is 0 Å². The molecule has 0 atom stereocenters. The van der Waals surface area contributed by atoms with Crippen LogP contribution < -0.4 is 0 Å². The second-order valence-electron chi connectivity index (χ2n) is 3.85. The summed E-state index contributed by atoms with van der Waals surface area (Å²) >= 11 is 0. The summed E-state index contributed by atoms with van der Waals surface area (Å²) < 4.78 is 0. The number of nitrogens with zero attached hydrogens (tertiary/aromatic N) is 1. The van der Waals surface area contributed by atoms with Crippen molar-refractivity contribution in [2.75, 3.05) is 0 Å². The summed E-state index contributed by atoms with van der Waals surface area (Å²) in [6.07, 6.45) is 4.36. The van der Waals surface area contributed by atoms with Gasteiger partial charge in [0.2, 0.25) is 0 Å². The van der Waals surface area contributed by atoms with Gasteiger partial charge in [-0.25, -0.2) is 0 Å². The highest BCUT2D eigenvalue weighted by Crippen LogP contribution is 2.14. The summed E-state index contributed by atoms with van der Waals surface area (Å²) in [5.74, 6) is 0.262. The number of hydrogen-bond acceptors (Lipinski definition) is 2. The van der Waals surface area contributed by atoms with Gasteiger partial charge < -0.3 is 4.79 Å². The van der Waals surface area contributed by atoms with Crippen molar-refractivity contribution < 1.29 is 4.79 Å². The molecule has 3 heteroatoms. The Balaban J connectivity index is 2.04. The Morgan fingerprint density at radius 1 is 1.47 bits per heavy atom. The van der Waals surface area contributed by atoms with E-state index in [1.54, 1.807) is 6.92 Å². The Morgan fingerprint density at radius 2 is 2.33 bits per heavy atom. The molecule has 0 saturated heterocycles. The molecule has 3 nitrogen and oxygen atoms in total. The quantitative estimate of drug-likeness (QED) is 0.827. The standard InChI is InChI=1S/C12H14N2O/c1-9(15)3-2-4-10-5-6-11-8-13-14-12(11)7-10/h5-8H,2-4H2,1H3,(H,13,14). The molecule has 1 heterocycles. The number of hydrogen-bond donors (Lipinski definition) is 1. The third kappa shape index (κ3) is 2.43. The van der Waals surface area contributed by atoms with Gasteiger partial charge >= 0.3 is 0 Å². The molecule has 0 spiro atoms. The maximum Gasteiger partial charge on any atom is 0.129 e. The number of aromatic amines is 1. The number of Topliss-reactive ketones (excluding diaryl/α,β-unsaturated/α-hetero) is 1. The van der Waals surface area contributed by atoms with Gasteiger partial charge in [-0.3, -0.25) is 5.10 Å². The fourth-order valence-corrected chi connectivity index (χ4v) is 1.68. The molecular formula is C12H14N2O. The average Bonchev–Trinajstić information content (AvgIpc) is 2.64. The molecule has 78 valence electrons. The monoisotopic (exact) mass is 202 g/mol. The number of ketones is 1. The van der Waals surface area contributed by atoms with Gasteiger partial charge in [-0.2, -0.15) is 5.10 Å². The van der Waals surface area contributed by atoms with E-state index in [0.29, 0.717) is 6.42 Å². The van der Waals surface area contributed by atoms with Crippen LogP contribution >= 0.6 is 0 Å². The van der Waals surface area contributed by atoms with Crippen LogP contribution in [0.25, 0.3) is 10.9 Å². The number of fused-ring (bicyclic) bond motifs is 1. The van der Waals surface area contributed by atoms with Crippen molar-refractivity contribution in [3.8, 4) is 0 Å². The molecule has 0 bridgehead atoms. The molecule has 1 aromatic carbocycles. The molecule has 0 radical (unpaired) electrons. The van der Waals surface area contributed by atoms with Crippen molar-refractivity contribution in [2.45, 2.75) is 26.2 Å². The lowest BCUT2D eigenvalue weighted by atomic mass is 10.1. The number of benzene rings is 1. The first-order valence-corrected chi connectivity index (χ1v) is 5.17. The third-order valence-electron chi connectivity index (χ3n) is 2.50. The summed E-state index contributed by atoms with van der Waals surface area (Å²) in [6, 6.07) is 6.25. The van der Waals surface area contributed by atoms with Crippen LogP contribution in [0.15, 0.2) is 24.4 Å². The van der Waals surface area contributed by atoms with E-state index in [4.69, 9.17) is 0 Å². The smallest absolute Gasteiger partial charge is 0.129 e. The van der Waals surface area contributed by atoms with Crippen molar-refractivity contribution in [3.05, 3.63) is 30.0 Å². The Morgan fingerprint density at radius 3 is 3.13 bits per heavy atom. The molecule has 0 amide bonds. The maximum atomic E-state index is 10.8. The van der Waals surface area contributed by atoms with E-state index >= 15 is 0 Å². The second-order valence-corrected chi connectivity index (χ2v) is 3.85. The zero-order valence-electron chi connectivity index (χ0n) is 8.79. The normalized spacial score (nSPS) is 10.7. The molecule has 0 aliphatic rings. The summed E-state index contributed by atoms with van der Waals surface area (Å²) in [4.78, 5) is 10.8. The summed E-state index contributed by atoms with van der Waals surface area (Å²) in [5, 5.41) is 8.04. The number of nitrogens with one attached hydrogen (secondary N) is 1. The number of rotatable bonds is 4. The van der Waals surface area contributed by atoms with Crippen molar-refractivity contribution in [3.63, 3.8) is 0 Å². The summed E-state index contributed by atoms with van der Waals surface area (Å²) in [5.41, 5.74) is 2.32. The van der Waals surface area contributed by atoms with Crippen LogP contribution in [0.5, 0.6) is 0 Å². The number of H-pyrrole nitrogens is 1. The van der Waals surface area contributed by atoms with Crippen LogP contribution in [-0.2, 0) is 11.2 Å². The Labute approximate surface area is 88.5 Å². The van der Waals surface area contributed by atoms with Crippen molar-refractivity contribution >= 4 is 16.7 Å². The zero-order valence-corrected chi connectivity index (χ0v) is 8.79. The molecule has 2 rings (SSSR count). The van der Waals surface area contributed by atoms with E-state index in [-0.39, 0.29) is 5.78 Å². The summed E-state index contributed by atoms with van der Waals surface area (Å²) in [7, 11) is 0. The topological polar surface area (TPSA) is 45.8 Å². The van der Waals surface area contributed by atoms with Crippen molar-refractivity contribution in [2.24, 2.45) is 0 Å². The van der Waals surface area contributed by atoms with E-state index in [1.807, 2.05) is 6.20 Å². The number of carbonyl (C=O) groups excluding carboxylic acids is 1. The first-order chi connectivity index (χ1) is 7.25. The first-order valence-electron chi connectivity index (χ1n) is 5.17. The summed E-state index contributed by atoms with van der Waals surface area (Å²) in [6.45, 7) is 1.64. The van der Waals surface area contributed by atoms with Gasteiger partial charge in [-0.15, -0.1) is 0 Å². The van der Waals surface area contributed by atoms with Gasteiger partial charge in [0.1, 0.15) is 5.78 Å². The largest absolute Gasteiger partial charge is 0.300 e.